The Balaban J connectivity index is 1.31. The molecule has 2 nitrogen and oxygen atoms in total. The van der Waals surface area contributed by atoms with E-state index in [4.69, 9.17) is 4.74 Å². The van der Waals surface area contributed by atoms with Crippen molar-refractivity contribution in [1.29, 1.82) is 0 Å². The molecule has 0 bridgehead atoms. The zero-order chi connectivity index (χ0) is 23.5. The minimum absolute atomic E-state index is 0.154. The first-order chi connectivity index (χ1) is 16.0. The average Bonchev–Trinajstić information content (AvgIpc) is 2.83. The topological polar surface area (TPSA) is 26.3 Å². The molecule has 0 aliphatic rings. The molecule has 33 heavy (non-hydrogen) atoms. The number of unbranched alkanes of at least 4 members (excludes halogenated alkanes) is 3. The molecule has 0 amide bonds. The number of rotatable bonds is 12. The van der Waals surface area contributed by atoms with E-state index in [1.165, 1.54) is 54.3 Å². The van der Waals surface area contributed by atoms with Crippen molar-refractivity contribution < 1.29 is 13.9 Å². The number of carbonyl (C=O) groups excluding carboxylic acids is 1. The van der Waals surface area contributed by atoms with Crippen molar-refractivity contribution in [3.63, 3.8) is 0 Å². The zero-order valence-corrected chi connectivity index (χ0v) is 19.2. The number of halogens is 1. The van der Waals surface area contributed by atoms with Gasteiger partial charge in [0.2, 0.25) is 0 Å². The van der Waals surface area contributed by atoms with Crippen LogP contribution in [-0.2, 0) is 6.42 Å². The van der Waals surface area contributed by atoms with Gasteiger partial charge in [0, 0.05) is 5.56 Å². The van der Waals surface area contributed by atoms with Crippen LogP contribution in [0.15, 0.2) is 85.5 Å². The number of hydrogen-bond donors (Lipinski definition) is 0. The summed E-state index contributed by atoms with van der Waals surface area (Å²) >= 11 is 0. The maximum absolute atomic E-state index is 13.0. The minimum atomic E-state index is -0.351. The van der Waals surface area contributed by atoms with Gasteiger partial charge in [0.1, 0.15) is 11.6 Å². The van der Waals surface area contributed by atoms with E-state index in [1.807, 2.05) is 31.2 Å². The third-order valence-electron chi connectivity index (χ3n) is 5.51. The maximum atomic E-state index is 13.0. The second-order valence-corrected chi connectivity index (χ2v) is 8.26. The molecule has 0 saturated heterocycles. The molecule has 0 aliphatic carbocycles. The van der Waals surface area contributed by atoms with Crippen LogP contribution in [0.25, 0.3) is 11.6 Å². The van der Waals surface area contributed by atoms with Crippen LogP contribution in [0.1, 0.15) is 59.7 Å². The summed E-state index contributed by atoms with van der Waals surface area (Å²) in [5.41, 5.74) is 5.06. The van der Waals surface area contributed by atoms with Crippen LogP contribution < -0.4 is 4.74 Å². The molecule has 0 radical (unpaired) electrons. The SMILES string of the molecule is C=C(C)c1ccc(CCCCCCOc2ccc(/C=C/C(=O)c3ccc(F)cc3)cc2)cc1. The lowest BCUT2D eigenvalue weighted by Crippen LogP contribution is -1.97. The van der Waals surface area contributed by atoms with E-state index in [9.17, 15) is 9.18 Å². The molecule has 0 aromatic heterocycles. The smallest absolute Gasteiger partial charge is 0.185 e. The summed E-state index contributed by atoms with van der Waals surface area (Å²) in [6, 6.07) is 21.9. The van der Waals surface area contributed by atoms with E-state index < -0.39 is 0 Å². The molecular weight excluding hydrogens is 411 g/mol. The van der Waals surface area contributed by atoms with Gasteiger partial charge in [-0.1, -0.05) is 67.5 Å². The van der Waals surface area contributed by atoms with Gasteiger partial charge in [-0.25, -0.2) is 4.39 Å². The summed E-state index contributed by atoms with van der Waals surface area (Å²) in [6.45, 7) is 6.71. The van der Waals surface area contributed by atoms with Crippen LogP contribution >= 0.6 is 0 Å². The lowest BCUT2D eigenvalue weighted by Gasteiger charge is -2.07. The Kier molecular flexibility index (Phi) is 9.19. The minimum Gasteiger partial charge on any atom is -0.494 e. The normalized spacial score (nSPS) is 11.0. The van der Waals surface area contributed by atoms with E-state index in [0.717, 1.165) is 36.1 Å². The van der Waals surface area contributed by atoms with Gasteiger partial charge in [0.25, 0.3) is 0 Å². The van der Waals surface area contributed by atoms with E-state index in [0.29, 0.717) is 12.2 Å². The molecule has 0 saturated carbocycles. The Morgan fingerprint density at radius 3 is 2.15 bits per heavy atom. The van der Waals surface area contributed by atoms with Crippen LogP contribution in [0.5, 0.6) is 5.75 Å². The Morgan fingerprint density at radius 2 is 1.48 bits per heavy atom. The van der Waals surface area contributed by atoms with Gasteiger partial charge >= 0.3 is 0 Å². The Labute approximate surface area is 196 Å². The molecule has 3 rings (SSSR count). The molecule has 0 spiro atoms. The quantitative estimate of drug-likeness (QED) is 0.162. The summed E-state index contributed by atoms with van der Waals surface area (Å²) in [7, 11) is 0. The van der Waals surface area contributed by atoms with E-state index in [1.54, 1.807) is 6.08 Å². The second-order valence-electron chi connectivity index (χ2n) is 8.26. The van der Waals surface area contributed by atoms with Gasteiger partial charge in [-0.05, 0) is 85.4 Å². The number of benzene rings is 3. The molecule has 0 aliphatic heterocycles. The molecule has 0 fully saturated rings. The highest BCUT2D eigenvalue weighted by Crippen LogP contribution is 2.16. The maximum Gasteiger partial charge on any atom is 0.185 e. The molecule has 3 aromatic carbocycles. The Hall–Kier alpha value is -3.46. The van der Waals surface area contributed by atoms with Crippen molar-refractivity contribution in [2.45, 2.75) is 39.0 Å². The predicted octanol–water partition coefficient (Wildman–Crippen LogP) is 7.94. The fourth-order valence-electron chi connectivity index (χ4n) is 3.49. The molecule has 3 heteroatoms. The highest BCUT2D eigenvalue weighted by atomic mass is 19.1. The van der Waals surface area contributed by atoms with Crippen LogP contribution in [0, 0.1) is 5.82 Å². The first-order valence-corrected chi connectivity index (χ1v) is 11.5. The zero-order valence-electron chi connectivity index (χ0n) is 19.2. The summed E-state index contributed by atoms with van der Waals surface area (Å²) in [5, 5.41) is 0. The van der Waals surface area contributed by atoms with Crippen molar-refractivity contribution in [3.8, 4) is 5.75 Å². The van der Waals surface area contributed by atoms with Crippen molar-refractivity contribution in [1.82, 2.24) is 0 Å². The summed E-state index contributed by atoms with van der Waals surface area (Å²) in [6.07, 6.45) is 8.91. The second kappa shape index (κ2) is 12.5. The largest absolute Gasteiger partial charge is 0.494 e. The number of carbonyl (C=O) groups is 1. The van der Waals surface area contributed by atoms with Gasteiger partial charge in [0.05, 0.1) is 6.61 Å². The summed E-state index contributed by atoms with van der Waals surface area (Å²) < 4.78 is 18.8. The van der Waals surface area contributed by atoms with Crippen LogP contribution in [0.2, 0.25) is 0 Å². The number of ether oxygens (including phenoxy) is 1. The first-order valence-electron chi connectivity index (χ1n) is 11.5. The molecule has 3 aromatic rings. The van der Waals surface area contributed by atoms with Gasteiger partial charge < -0.3 is 4.74 Å². The lowest BCUT2D eigenvalue weighted by atomic mass is 10.0. The van der Waals surface area contributed by atoms with Crippen LogP contribution in [0.3, 0.4) is 0 Å². The molecule has 0 atom stereocenters. The van der Waals surface area contributed by atoms with Gasteiger partial charge in [-0.15, -0.1) is 0 Å². The van der Waals surface area contributed by atoms with E-state index in [2.05, 4.69) is 30.8 Å². The lowest BCUT2D eigenvalue weighted by molar-refractivity contribution is 0.104. The third kappa shape index (κ3) is 8.19. The molecule has 0 unspecified atom stereocenters. The van der Waals surface area contributed by atoms with Gasteiger partial charge in [-0.2, -0.15) is 0 Å². The van der Waals surface area contributed by atoms with Crippen molar-refractivity contribution in [2.75, 3.05) is 6.61 Å². The summed E-state index contributed by atoms with van der Waals surface area (Å²) in [5.74, 6) is 0.324. The first kappa shape index (κ1) is 24.2. The molecule has 0 heterocycles. The van der Waals surface area contributed by atoms with E-state index in [-0.39, 0.29) is 11.6 Å². The highest BCUT2D eigenvalue weighted by Gasteiger charge is 2.02. The monoisotopic (exact) mass is 442 g/mol. The molecule has 170 valence electrons. The number of aryl methyl sites for hydroxylation is 1. The highest BCUT2D eigenvalue weighted by molar-refractivity contribution is 6.06. The fraction of sp³-hybridized carbons (Fsp3) is 0.233. The molecule has 0 N–H and O–H groups in total. The number of ketones is 1. The average molecular weight is 443 g/mol. The third-order valence-corrected chi connectivity index (χ3v) is 5.51. The Morgan fingerprint density at radius 1 is 0.848 bits per heavy atom. The van der Waals surface area contributed by atoms with Crippen LogP contribution in [-0.4, -0.2) is 12.4 Å². The fourth-order valence-corrected chi connectivity index (χ4v) is 3.49. The summed E-state index contributed by atoms with van der Waals surface area (Å²) in [4.78, 5) is 12.1. The Bertz CT molecular complexity index is 1060. The predicted molar refractivity (Wildman–Crippen MR) is 135 cm³/mol. The standard InChI is InChI=1S/C30H31FO2/c1-23(2)26-13-8-24(9-14-26)7-5-3-4-6-22-33-29-19-10-25(11-20-29)12-21-30(32)27-15-17-28(31)18-16-27/h8-21H,1,3-7,22H2,2H3/b21-12+. The van der Waals surface area contributed by atoms with Crippen molar-refractivity contribution >= 4 is 17.4 Å². The van der Waals surface area contributed by atoms with E-state index >= 15 is 0 Å². The van der Waals surface area contributed by atoms with Crippen LogP contribution in [0.4, 0.5) is 4.39 Å². The van der Waals surface area contributed by atoms with Gasteiger partial charge in [0.15, 0.2) is 5.78 Å². The van der Waals surface area contributed by atoms with Crippen molar-refractivity contribution in [2.24, 2.45) is 0 Å². The van der Waals surface area contributed by atoms with Gasteiger partial charge in [-0.3, -0.25) is 4.79 Å². The van der Waals surface area contributed by atoms with Crippen molar-refractivity contribution in [3.05, 3.63) is 114 Å². The number of hydrogen-bond acceptors (Lipinski definition) is 2. The number of allylic oxidation sites excluding steroid dienone is 2. The molecular formula is C30H31FO2.